The molecule has 34 heavy (non-hydrogen) atoms. The molecule has 2 fully saturated rings. The summed E-state index contributed by atoms with van der Waals surface area (Å²) in [7, 11) is -1.81. The summed E-state index contributed by atoms with van der Waals surface area (Å²) in [4.78, 5) is 6.80. The maximum Gasteiger partial charge on any atom is 0.243 e. The topological polar surface area (TPSA) is 62.2 Å². The van der Waals surface area contributed by atoms with Gasteiger partial charge in [-0.1, -0.05) is 6.07 Å². The highest BCUT2D eigenvalue weighted by Gasteiger charge is 2.35. The fourth-order valence-corrected chi connectivity index (χ4v) is 6.74. The number of rotatable bonds is 8. The van der Waals surface area contributed by atoms with E-state index >= 15 is 0 Å². The summed E-state index contributed by atoms with van der Waals surface area (Å²) in [6, 6.07) is 11.5. The highest BCUT2D eigenvalue weighted by atomic mass is 32.2. The molecule has 2 saturated heterocycles. The minimum Gasteiger partial charge on any atom is -0.490 e. The second-order valence-electron chi connectivity index (χ2n) is 9.22. The molecule has 0 bridgehead atoms. The van der Waals surface area contributed by atoms with Crippen LogP contribution in [-0.4, -0.2) is 69.2 Å². The van der Waals surface area contributed by atoms with Crippen LogP contribution in [-0.2, 0) is 10.0 Å². The van der Waals surface area contributed by atoms with E-state index in [9.17, 15) is 12.8 Å². The van der Waals surface area contributed by atoms with Crippen molar-refractivity contribution in [3.63, 3.8) is 0 Å². The fraction of sp³-hybridized carbons (Fsp3) is 0.500. The predicted octanol–water partition coefficient (Wildman–Crippen LogP) is 4.27. The molecule has 2 heterocycles. The van der Waals surface area contributed by atoms with Crippen molar-refractivity contribution in [3.05, 3.63) is 59.4 Å². The number of likely N-dealkylation sites (tertiary alicyclic amines) is 1. The number of hydrogen-bond acceptors (Lipinski definition) is 5. The molecule has 0 N–H and O–H groups in total. The van der Waals surface area contributed by atoms with Crippen molar-refractivity contribution in [3.8, 4) is 5.75 Å². The van der Waals surface area contributed by atoms with Gasteiger partial charge in [0.1, 0.15) is 17.7 Å². The van der Waals surface area contributed by atoms with Crippen LogP contribution in [0.15, 0.2) is 52.4 Å². The SMILES string of the molecule is CN=Cc1ccc(S(=O)(=O)N2CCC[C@@H]2CCN2CCC(Oc3ccc(F)cc3)CC2)cc1C. The quantitative estimate of drug-likeness (QED) is 0.522. The van der Waals surface area contributed by atoms with Gasteiger partial charge in [-0.15, -0.1) is 0 Å². The monoisotopic (exact) mass is 487 g/mol. The average Bonchev–Trinajstić information content (AvgIpc) is 3.31. The molecule has 0 aliphatic carbocycles. The van der Waals surface area contributed by atoms with Crippen molar-refractivity contribution < 1.29 is 17.5 Å². The predicted molar refractivity (Wildman–Crippen MR) is 133 cm³/mol. The number of ether oxygens (including phenoxy) is 1. The van der Waals surface area contributed by atoms with E-state index in [2.05, 4.69) is 9.89 Å². The number of nitrogens with zero attached hydrogens (tertiary/aromatic N) is 3. The van der Waals surface area contributed by atoms with Crippen LogP contribution < -0.4 is 4.74 Å². The molecule has 0 amide bonds. The van der Waals surface area contributed by atoms with Crippen LogP contribution in [0.5, 0.6) is 5.75 Å². The molecule has 4 rings (SSSR count). The Kier molecular flexibility index (Phi) is 8.01. The van der Waals surface area contributed by atoms with Crippen molar-refractivity contribution in [2.24, 2.45) is 4.99 Å². The highest BCUT2D eigenvalue weighted by molar-refractivity contribution is 7.89. The standard InChI is InChI=1S/C26H34FN3O3S/c1-20-18-26(10-5-21(20)19-28-2)34(31,32)30-14-3-4-23(30)11-15-29-16-12-25(13-17-29)33-24-8-6-22(27)7-9-24/h5-10,18-19,23,25H,3-4,11-17H2,1-2H3/t23-/m1/s1. The van der Waals surface area contributed by atoms with E-state index in [4.69, 9.17) is 4.74 Å². The molecule has 0 unspecified atom stereocenters. The Labute approximate surface area is 202 Å². The van der Waals surface area contributed by atoms with Gasteiger partial charge in [-0.05, 0) is 93.1 Å². The molecular formula is C26H34FN3O3S. The third-order valence-corrected chi connectivity index (χ3v) is 8.82. The zero-order valence-corrected chi connectivity index (χ0v) is 20.8. The van der Waals surface area contributed by atoms with E-state index < -0.39 is 10.0 Å². The number of hydrogen-bond donors (Lipinski definition) is 0. The second-order valence-corrected chi connectivity index (χ2v) is 11.1. The Morgan fingerprint density at radius 2 is 1.82 bits per heavy atom. The lowest BCUT2D eigenvalue weighted by Gasteiger charge is -2.33. The van der Waals surface area contributed by atoms with E-state index in [1.165, 1.54) is 12.1 Å². The summed E-state index contributed by atoms with van der Waals surface area (Å²) in [5.74, 6) is 0.445. The normalized spacial score (nSPS) is 20.9. The number of halogens is 1. The van der Waals surface area contributed by atoms with Gasteiger partial charge in [-0.2, -0.15) is 4.31 Å². The molecule has 0 aromatic heterocycles. The van der Waals surface area contributed by atoms with Gasteiger partial charge < -0.3 is 9.64 Å². The van der Waals surface area contributed by atoms with Gasteiger partial charge in [0.2, 0.25) is 10.0 Å². The molecular weight excluding hydrogens is 453 g/mol. The molecule has 184 valence electrons. The lowest BCUT2D eigenvalue weighted by Crippen LogP contribution is -2.42. The first-order valence-corrected chi connectivity index (χ1v) is 13.5. The van der Waals surface area contributed by atoms with Crippen molar-refractivity contribution >= 4 is 16.2 Å². The molecule has 8 heteroatoms. The first kappa shape index (κ1) is 24.8. The van der Waals surface area contributed by atoms with Gasteiger partial charge in [-0.25, -0.2) is 12.8 Å². The van der Waals surface area contributed by atoms with E-state index in [1.807, 2.05) is 13.0 Å². The third kappa shape index (κ3) is 5.85. The Bertz CT molecular complexity index is 1100. The maximum atomic E-state index is 13.4. The van der Waals surface area contributed by atoms with Gasteiger partial charge in [0.25, 0.3) is 0 Å². The van der Waals surface area contributed by atoms with Crippen molar-refractivity contribution in [1.29, 1.82) is 0 Å². The molecule has 2 aliphatic heterocycles. The zero-order valence-electron chi connectivity index (χ0n) is 20.0. The van der Waals surface area contributed by atoms with Crippen LogP contribution in [0.1, 0.15) is 43.2 Å². The van der Waals surface area contributed by atoms with Crippen LogP contribution in [0, 0.1) is 12.7 Å². The van der Waals surface area contributed by atoms with Gasteiger partial charge in [0.05, 0.1) is 4.90 Å². The molecule has 2 aliphatic rings. The molecule has 0 saturated carbocycles. The summed E-state index contributed by atoms with van der Waals surface area (Å²) < 4.78 is 47.6. The Morgan fingerprint density at radius 3 is 2.50 bits per heavy atom. The average molecular weight is 488 g/mol. The summed E-state index contributed by atoms with van der Waals surface area (Å²) in [5.41, 5.74) is 1.85. The molecule has 0 radical (unpaired) electrons. The number of piperidine rings is 1. The molecule has 1 atom stereocenters. The van der Waals surface area contributed by atoms with E-state index in [1.54, 1.807) is 41.8 Å². The van der Waals surface area contributed by atoms with Crippen molar-refractivity contribution in [1.82, 2.24) is 9.21 Å². The minimum absolute atomic E-state index is 0.0374. The second kappa shape index (κ2) is 11.0. The summed E-state index contributed by atoms with van der Waals surface area (Å²) >= 11 is 0. The number of sulfonamides is 1. The van der Waals surface area contributed by atoms with Crippen LogP contribution in [0.2, 0.25) is 0 Å². The molecule has 2 aromatic carbocycles. The van der Waals surface area contributed by atoms with E-state index in [0.717, 1.165) is 62.9 Å². The lowest BCUT2D eigenvalue weighted by molar-refractivity contribution is 0.0970. The van der Waals surface area contributed by atoms with Gasteiger partial charge in [-0.3, -0.25) is 4.99 Å². The van der Waals surface area contributed by atoms with Gasteiger partial charge in [0.15, 0.2) is 0 Å². The molecule has 6 nitrogen and oxygen atoms in total. The van der Waals surface area contributed by atoms with Crippen molar-refractivity contribution in [2.45, 2.75) is 56.1 Å². The smallest absolute Gasteiger partial charge is 0.243 e. The first-order valence-electron chi connectivity index (χ1n) is 12.1. The van der Waals surface area contributed by atoms with Gasteiger partial charge in [0, 0.05) is 38.9 Å². The summed E-state index contributed by atoms with van der Waals surface area (Å²) in [6.07, 6.45) is 6.35. The minimum atomic E-state index is -3.52. The summed E-state index contributed by atoms with van der Waals surface area (Å²) in [5, 5.41) is 0. The van der Waals surface area contributed by atoms with E-state index in [-0.39, 0.29) is 18.0 Å². The highest BCUT2D eigenvalue weighted by Crippen LogP contribution is 2.29. The lowest BCUT2D eigenvalue weighted by atomic mass is 10.1. The number of aryl methyl sites for hydroxylation is 1. The Morgan fingerprint density at radius 1 is 1.09 bits per heavy atom. The van der Waals surface area contributed by atoms with Crippen LogP contribution in [0.4, 0.5) is 4.39 Å². The molecule has 2 aromatic rings. The van der Waals surface area contributed by atoms with Gasteiger partial charge >= 0.3 is 0 Å². The van der Waals surface area contributed by atoms with Crippen LogP contribution in [0.3, 0.4) is 0 Å². The molecule has 0 spiro atoms. The first-order chi connectivity index (χ1) is 16.4. The fourth-order valence-electron chi connectivity index (χ4n) is 4.93. The Balaban J connectivity index is 1.30. The zero-order chi connectivity index (χ0) is 24.1. The Hall–Kier alpha value is -2.29. The summed E-state index contributed by atoms with van der Waals surface area (Å²) in [6.45, 7) is 5.22. The largest absolute Gasteiger partial charge is 0.490 e. The van der Waals surface area contributed by atoms with Crippen LogP contribution >= 0.6 is 0 Å². The van der Waals surface area contributed by atoms with Crippen molar-refractivity contribution in [2.75, 3.05) is 33.2 Å². The van der Waals surface area contributed by atoms with E-state index in [0.29, 0.717) is 17.2 Å². The third-order valence-electron chi connectivity index (χ3n) is 6.87. The van der Waals surface area contributed by atoms with Crippen LogP contribution in [0.25, 0.3) is 0 Å². The maximum absolute atomic E-state index is 13.4. The number of aliphatic imine (C=N–C) groups is 1. The number of benzene rings is 2.